The molecule has 2 aromatic rings. The molecule has 0 saturated heterocycles. The Morgan fingerprint density at radius 2 is 2.33 bits per heavy atom. The number of benzene rings is 1. The van der Waals surface area contributed by atoms with Crippen molar-refractivity contribution in [2.75, 3.05) is 6.61 Å². The molecule has 1 amide bonds. The van der Waals surface area contributed by atoms with Crippen molar-refractivity contribution in [2.24, 2.45) is 5.73 Å². The summed E-state index contributed by atoms with van der Waals surface area (Å²) < 4.78 is 6.67. The van der Waals surface area contributed by atoms with E-state index in [9.17, 15) is 4.79 Å². The van der Waals surface area contributed by atoms with E-state index in [1.54, 1.807) is 0 Å². The summed E-state index contributed by atoms with van der Waals surface area (Å²) in [5, 5.41) is 0. The van der Waals surface area contributed by atoms with Crippen molar-refractivity contribution >= 4 is 28.7 Å². The van der Waals surface area contributed by atoms with E-state index in [1.807, 2.05) is 29.7 Å². The third kappa shape index (κ3) is 2.56. The number of amides is 1. The Hall–Kier alpha value is -1.75. The second-order valence-electron chi connectivity index (χ2n) is 3.97. The van der Waals surface area contributed by atoms with E-state index in [-0.39, 0.29) is 6.61 Å². The number of hydrogen-bond acceptors (Lipinski definition) is 3. The maximum absolute atomic E-state index is 10.5. The van der Waals surface area contributed by atoms with Gasteiger partial charge in [-0.15, -0.1) is 11.6 Å². The van der Waals surface area contributed by atoms with E-state index < -0.39 is 6.09 Å². The summed E-state index contributed by atoms with van der Waals surface area (Å²) in [6, 6.07) is 5.99. The minimum absolute atomic E-state index is 0.207. The maximum Gasteiger partial charge on any atom is 0.404 e. The van der Waals surface area contributed by atoms with E-state index in [1.165, 1.54) is 0 Å². The van der Waals surface area contributed by atoms with Gasteiger partial charge in [0.15, 0.2) is 0 Å². The van der Waals surface area contributed by atoms with Gasteiger partial charge in [-0.3, -0.25) is 0 Å². The van der Waals surface area contributed by atoms with Gasteiger partial charge in [-0.2, -0.15) is 0 Å². The lowest BCUT2D eigenvalue weighted by Gasteiger charge is -2.07. The molecule has 1 aromatic heterocycles. The van der Waals surface area contributed by atoms with E-state index in [2.05, 4.69) is 4.98 Å². The molecule has 0 atom stereocenters. The van der Waals surface area contributed by atoms with Gasteiger partial charge in [-0.1, -0.05) is 6.07 Å². The largest absolute Gasteiger partial charge is 0.448 e. The van der Waals surface area contributed by atoms with Crippen molar-refractivity contribution in [3.8, 4) is 0 Å². The fraction of sp³-hybridized carbons (Fsp3) is 0.333. The highest BCUT2D eigenvalue weighted by Crippen LogP contribution is 2.18. The quantitative estimate of drug-likeness (QED) is 0.863. The lowest BCUT2D eigenvalue weighted by Crippen LogP contribution is -2.17. The van der Waals surface area contributed by atoms with Crippen LogP contribution in [0.25, 0.3) is 11.0 Å². The summed E-state index contributed by atoms with van der Waals surface area (Å²) in [5.41, 5.74) is 7.93. The Morgan fingerprint density at radius 3 is 3.00 bits per heavy atom. The number of primary amides is 1. The van der Waals surface area contributed by atoms with Gasteiger partial charge in [0.25, 0.3) is 0 Å². The molecule has 0 radical (unpaired) electrons. The Morgan fingerprint density at radius 1 is 1.56 bits per heavy atom. The van der Waals surface area contributed by atoms with Crippen LogP contribution in [0.4, 0.5) is 4.79 Å². The van der Waals surface area contributed by atoms with Gasteiger partial charge in [0.2, 0.25) is 0 Å². The number of aromatic nitrogens is 2. The zero-order valence-electron chi connectivity index (χ0n) is 10.0. The van der Waals surface area contributed by atoms with Gasteiger partial charge in [-0.05, 0) is 24.6 Å². The summed E-state index contributed by atoms with van der Waals surface area (Å²) in [4.78, 5) is 15.0. The Kier molecular flexibility index (Phi) is 3.72. The molecule has 0 aliphatic carbocycles. The highest BCUT2D eigenvalue weighted by atomic mass is 35.5. The van der Waals surface area contributed by atoms with Crippen LogP contribution in [0.1, 0.15) is 11.4 Å². The normalized spacial score (nSPS) is 10.8. The Bertz CT molecular complexity index is 580. The number of hydrogen-bond donors (Lipinski definition) is 1. The van der Waals surface area contributed by atoms with Gasteiger partial charge in [-0.25, -0.2) is 9.78 Å². The predicted molar refractivity (Wildman–Crippen MR) is 69.6 cm³/mol. The van der Waals surface area contributed by atoms with Gasteiger partial charge in [0.1, 0.15) is 12.4 Å². The molecule has 1 heterocycles. The predicted octanol–water partition coefficient (Wildman–Crippen LogP) is 2.18. The smallest absolute Gasteiger partial charge is 0.404 e. The van der Waals surface area contributed by atoms with Gasteiger partial charge in [0.05, 0.1) is 23.5 Å². The molecule has 2 rings (SSSR count). The molecular formula is C12H14ClN3O2. The topological polar surface area (TPSA) is 70.1 Å². The maximum atomic E-state index is 10.5. The fourth-order valence-electron chi connectivity index (χ4n) is 1.88. The van der Waals surface area contributed by atoms with Crippen molar-refractivity contribution in [3.05, 3.63) is 29.6 Å². The van der Waals surface area contributed by atoms with Crippen LogP contribution in [0.2, 0.25) is 0 Å². The molecule has 0 aliphatic rings. The van der Waals surface area contributed by atoms with Crippen LogP contribution >= 0.6 is 11.6 Å². The summed E-state index contributed by atoms with van der Waals surface area (Å²) >= 11 is 5.87. The van der Waals surface area contributed by atoms with Crippen molar-refractivity contribution in [1.82, 2.24) is 9.55 Å². The minimum Gasteiger partial charge on any atom is -0.448 e. The van der Waals surface area contributed by atoms with Crippen LogP contribution < -0.4 is 5.73 Å². The zero-order chi connectivity index (χ0) is 13.1. The summed E-state index contributed by atoms with van der Waals surface area (Å²) in [6.45, 7) is 2.71. The van der Waals surface area contributed by atoms with Crippen LogP contribution in [0, 0.1) is 6.92 Å². The number of carbonyl (C=O) groups excluding carboxylic acids is 1. The molecule has 1 aromatic carbocycles. The minimum atomic E-state index is -0.775. The van der Waals surface area contributed by atoms with Gasteiger partial charge in [0, 0.05) is 0 Å². The number of rotatable bonds is 4. The van der Waals surface area contributed by atoms with Crippen LogP contribution in [0.3, 0.4) is 0 Å². The molecule has 18 heavy (non-hydrogen) atoms. The first kappa shape index (κ1) is 12.7. The number of nitrogens with two attached hydrogens (primary N) is 1. The Balaban J connectivity index is 2.31. The van der Waals surface area contributed by atoms with Gasteiger partial charge < -0.3 is 15.0 Å². The molecule has 5 nitrogen and oxygen atoms in total. The number of halogens is 1. The standard InChI is InChI=1S/C12H14ClN3O2/c1-8-2-3-10-9(6-8)15-11(7-13)16(10)4-5-18-12(14)17/h2-3,6H,4-5,7H2,1H3,(H2,14,17). The van der Waals surface area contributed by atoms with E-state index in [4.69, 9.17) is 22.1 Å². The third-order valence-corrected chi connectivity index (χ3v) is 2.90. The SMILES string of the molecule is Cc1ccc2c(c1)nc(CCl)n2CCOC(N)=O. The number of fused-ring (bicyclic) bond motifs is 1. The molecule has 0 bridgehead atoms. The highest BCUT2D eigenvalue weighted by molar-refractivity contribution is 6.16. The number of aryl methyl sites for hydroxylation is 1. The molecule has 0 saturated carbocycles. The number of carbonyl (C=O) groups is 1. The van der Waals surface area contributed by atoms with Gasteiger partial charge >= 0.3 is 6.09 Å². The zero-order valence-corrected chi connectivity index (χ0v) is 10.8. The fourth-order valence-corrected chi connectivity index (χ4v) is 2.08. The molecule has 2 N–H and O–H groups in total. The second-order valence-corrected chi connectivity index (χ2v) is 4.24. The first-order valence-corrected chi connectivity index (χ1v) is 6.09. The van der Waals surface area contributed by atoms with E-state index in [0.717, 1.165) is 22.4 Å². The van der Waals surface area contributed by atoms with Crippen LogP contribution in [0.15, 0.2) is 18.2 Å². The van der Waals surface area contributed by atoms with Crippen LogP contribution in [-0.4, -0.2) is 22.3 Å². The third-order valence-electron chi connectivity index (χ3n) is 2.66. The molecule has 0 fully saturated rings. The Labute approximate surface area is 109 Å². The van der Waals surface area contributed by atoms with E-state index >= 15 is 0 Å². The first-order valence-electron chi connectivity index (χ1n) is 5.56. The first-order chi connectivity index (χ1) is 8.61. The summed E-state index contributed by atoms with van der Waals surface area (Å²) in [7, 11) is 0. The van der Waals surface area contributed by atoms with Crippen LogP contribution in [-0.2, 0) is 17.2 Å². The highest BCUT2D eigenvalue weighted by Gasteiger charge is 2.10. The average Bonchev–Trinajstić information content (AvgIpc) is 2.66. The molecule has 96 valence electrons. The van der Waals surface area contributed by atoms with Crippen molar-refractivity contribution < 1.29 is 9.53 Å². The molecule has 0 spiro atoms. The lowest BCUT2D eigenvalue weighted by atomic mass is 10.2. The molecule has 0 aliphatic heterocycles. The number of nitrogens with zero attached hydrogens (tertiary/aromatic N) is 2. The van der Waals surface area contributed by atoms with Crippen molar-refractivity contribution in [3.63, 3.8) is 0 Å². The van der Waals surface area contributed by atoms with E-state index in [0.29, 0.717) is 12.4 Å². The monoisotopic (exact) mass is 267 g/mol. The number of alkyl halides is 1. The van der Waals surface area contributed by atoms with Crippen molar-refractivity contribution in [1.29, 1.82) is 0 Å². The number of imidazole rings is 1. The number of ether oxygens (including phenoxy) is 1. The summed E-state index contributed by atoms with van der Waals surface area (Å²) in [5.74, 6) is 1.06. The van der Waals surface area contributed by atoms with Crippen molar-refractivity contribution in [2.45, 2.75) is 19.3 Å². The molecular weight excluding hydrogens is 254 g/mol. The van der Waals surface area contributed by atoms with Crippen LogP contribution in [0.5, 0.6) is 0 Å². The lowest BCUT2D eigenvalue weighted by molar-refractivity contribution is 0.152. The second kappa shape index (κ2) is 5.27. The average molecular weight is 268 g/mol. The molecule has 6 heteroatoms. The molecule has 0 unspecified atom stereocenters. The summed E-state index contributed by atoms with van der Waals surface area (Å²) in [6.07, 6.45) is -0.775.